The van der Waals surface area contributed by atoms with Crippen molar-refractivity contribution in [3.8, 4) is 11.1 Å². The minimum absolute atomic E-state index is 0.00254. The first-order valence-corrected chi connectivity index (χ1v) is 10.7. The van der Waals surface area contributed by atoms with Gasteiger partial charge in [0.2, 0.25) is 5.95 Å². The molecular formula is C19H21FN6O2S. The van der Waals surface area contributed by atoms with Gasteiger partial charge in [-0.05, 0) is 30.5 Å². The number of anilines is 1. The lowest BCUT2D eigenvalue weighted by Gasteiger charge is -2.34. The van der Waals surface area contributed by atoms with Crippen LogP contribution in [0.25, 0.3) is 11.1 Å². The van der Waals surface area contributed by atoms with Crippen molar-refractivity contribution in [2.45, 2.75) is 30.3 Å². The number of sulfonamides is 1. The van der Waals surface area contributed by atoms with Gasteiger partial charge in [-0.2, -0.15) is 4.31 Å². The standard InChI is InChI=1S/C19H21FN6O2S/c1-25-11-17(23-12-25)29(27,28)26-9-3-2-4-16(26)18-15(10-22-19(21)24-18)13-5-7-14(20)8-6-13/h5-8,10-12,16H,2-4,9H2,1H3,(H2,21,22,24)/t16-/m1/s1. The zero-order chi connectivity index (χ0) is 20.6. The van der Waals surface area contributed by atoms with Crippen LogP contribution in [0.5, 0.6) is 0 Å². The number of aryl methyl sites for hydroxylation is 1. The minimum atomic E-state index is -3.82. The number of hydrogen-bond acceptors (Lipinski definition) is 6. The highest BCUT2D eigenvalue weighted by Crippen LogP contribution is 2.38. The molecule has 2 N–H and O–H groups in total. The van der Waals surface area contributed by atoms with Gasteiger partial charge in [-0.1, -0.05) is 18.6 Å². The maximum Gasteiger partial charge on any atom is 0.262 e. The van der Waals surface area contributed by atoms with Crippen molar-refractivity contribution in [2.24, 2.45) is 7.05 Å². The van der Waals surface area contributed by atoms with Crippen molar-refractivity contribution in [3.05, 3.63) is 54.5 Å². The molecule has 0 amide bonds. The molecule has 3 aromatic rings. The number of halogens is 1. The Morgan fingerprint density at radius 2 is 1.93 bits per heavy atom. The molecule has 0 radical (unpaired) electrons. The number of imidazole rings is 1. The summed E-state index contributed by atoms with van der Waals surface area (Å²) in [4.78, 5) is 12.5. The Kier molecular flexibility index (Phi) is 5.05. The molecule has 0 unspecified atom stereocenters. The van der Waals surface area contributed by atoms with Crippen LogP contribution in [0, 0.1) is 5.82 Å². The fourth-order valence-electron chi connectivity index (χ4n) is 3.62. The SMILES string of the molecule is Cn1cnc(S(=O)(=O)N2CCCC[C@@H]2c2nc(N)ncc2-c2ccc(F)cc2)c1. The van der Waals surface area contributed by atoms with Gasteiger partial charge in [0.05, 0.1) is 18.1 Å². The first kappa shape index (κ1) is 19.5. The first-order valence-electron chi connectivity index (χ1n) is 9.24. The third-order valence-electron chi connectivity index (χ3n) is 5.02. The van der Waals surface area contributed by atoms with Gasteiger partial charge >= 0.3 is 0 Å². The number of aromatic nitrogens is 4. The van der Waals surface area contributed by atoms with Crippen LogP contribution < -0.4 is 5.73 Å². The Labute approximate surface area is 168 Å². The van der Waals surface area contributed by atoms with Crippen LogP contribution in [0.1, 0.15) is 31.0 Å². The van der Waals surface area contributed by atoms with E-state index in [4.69, 9.17) is 5.73 Å². The van der Waals surface area contributed by atoms with Crippen molar-refractivity contribution in [2.75, 3.05) is 12.3 Å². The van der Waals surface area contributed by atoms with Crippen LogP contribution in [0.15, 0.2) is 48.0 Å². The van der Waals surface area contributed by atoms with E-state index < -0.39 is 16.1 Å². The van der Waals surface area contributed by atoms with E-state index in [1.54, 1.807) is 29.9 Å². The van der Waals surface area contributed by atoms with Gasteiger partial charge < -0.3 is 10.3 Å². The Balaban J connectivity index is 1.82. The van der Waals surface area contributed by atoms with Gasteiger partial charge in [0.15, 0.2) is 5.03 Å². The van der Waals surface area contributed by atoms with E-state index >= 15 is 0 Å². The summed E-state index contributed by atoms with van der Waals surface area (Å²) >= 11 is 0. The lowest BCUT2D eigenvalue weighted by molar-refractivity contribution is 0.251. The second-order valence-corrected chi connectivity index (χ2v) is 8.88. The van der Waals surface area contributed by atoms with Gasteiger partial charge in [0.1, 0.15) is 5.82 Å². The summed E-state index contributed by atoms with van der Waals surface area (Å²) in [7, 11) is -2.10. The number of hydrogen-bond donors (Lipinski definition) is 1. The quantitative estimate of drug-likeness (QED) is 0.700. The second kappa shape index (κ2) is 7.53. The topological polar surface area (TPSA) is 107 Å². The molecule has 29 heavy (non-hydrogen) atoms. The number of nitrogen functional groups attached to an aromatic ring is 1. The fourth-order valence-corrected chi connectivity index (χ4v) is 5.25. The van der Waals surface area contributed by atoms with E-state index in [1.807, 2.05) is 0 Å². The molecule has 1 aliphatic rings. The Morgan fingerprint density at radius 1 is 1.17 bits per heavy atom. The summed E-state index contributed by atoms with van der Waals surface area (Å²) in [6.45, 7) is 0.357. The zero-order valence-electron chi connectivity index (χ0n) is 15.9. The molecule has 1 atom stereocenters. The van der Waals surface area contributed by atoms with Gasteiger partial charge in [-0.3, -0.25) is 0 Å². The Bertz CT molecular complexity index is 1130. The fraction of sp³-hybridized carbons (Fsp3) is 0.316. The molecule has 3 heterocycles. The number of rotatable bonds is 4. The average Bonchev–Trinajstić information content (AvgIpc) is 3.16. The number of benzene rings is 1. The highest BCUT2D eigenvalue weighted by molar-refractivity contribution is 7.89. The summed E-state index contributed by atoms with van der Waals surface area (Å²) in [5, 5.41) is -0.00254. The lowest BCUT2D eigenvalue weighted by atomic mass is 9.95. The van der Waals surface area contributed by atoms with E-state index in [0.717, 1.165) is 12.8 Å². The average molecular weight is 416 g/mol. The molecule has 1 saturated heterocycles. The van der Waals surface area contributed by atoms with Gasteiger partial charge in [-0.15, -0.1) is 0 Å². The number of nitrogens with zero attached hydrogens (tertiary/aromatic N) is 5. The van der Waals surface area contributed by atoms with Crippen LogP contribution in [0.4, 0.5) is 10.3 Å². The second-order valence-electron chi connectivity index (χ2n) is 7.04. The highest BCUT2D eigenvalue weighted by atomic mass is 32.2. The van der Waals surface area contributed by atoms with E-state index in [-0.39, 0.29) is 16.8 Å². The van der Waals surface area contributed by atoms with Crippen molar-refractivity contribution in [1.82, 2.24) is 23.8 Å². The van der Waals surface area contributed by atoms with Crippen molar-refractivity contribution >= 4 is 16.0 Å². The summed E-state index contributed by atoms with van der Waals surface area (Å²) in [6, 6.07) is 5.42. The van der Waals surface area contributed by atoms with Gasteiger partial charge in [0.25, 0.3) is 10.0 Å². The van der Waals surface area contributed by atoms with E-state index in [9.17, 15) is 12.8 Å². The molecule has 0 saturated carbocycles. The monoisotopic (exact) mass is 416 g/mol. The molecule has 4 rings (SSSR count). The largest absolute Gasteiger partial charge is 0.368 e. The summed E-state index contributed by atoms with van der Waals surface area (Å²) in [5.41, 5.74) is 7.68. The Morgan fingerprint density at radius 3 is 2.62 bits per heavy atom. The molecule has 1 aliphatic heterocycles. The molecule has 0 bridgehead atoms. The van der Waals surface area contributed by atoms with Crippen LogP contribution in [-0.2, 0) is 17.1 Å². The molecule has 152 valence electrons. The van der Waals surface area contributed by atoms with Gasteiger partial charge in [-0.25, -0.2) is 27.8 Å². The smallest absolute Gasteiger partial charge is 0.262 e. The number of nitrogens with two attached hydrogens (primary N) is 1. The van der Waals surface area contributed by atoms with Crippen molar-refractivity contribution < 1.29 is 12.8 Å². The van der Waals surface area contributed by atoms with E-state index in [2.05, 4.69) is 15.0 Å². The summed E-state index contributed by atoms with van der Waals surface area (Å²) < 4.78 is 43.0. The van der Waals surface area contributed by atoms with Gasteiger partial charge in [0, 0.05) is 31.5 Å². The van der Waals surface area contributed by atoms with Crippen LogP contribution in [0.2, 0.25) is 0 Å². The maximum absolute atomic E-state index is 13.4. The molecule has 2 aromatic heterocycles. The third-order valence-corrected chi connectivity index (χ3v) is 6.81. The third kappa shape index (κ3) is 3.73. The molecule has 1 aromatic carbocycles. The molecule has 10 heteroatoms. The molecule has 1 fully saturated rings. The van der Waals surface area contributed by atoms with Crippen LogP contribution >= 0.6 is 0 Å². The molecular weight excluding hydrogens is 395 g/mol. The van der Waals surface area contributed by atoms with Crippen molar-refractivity contribution in [3.63, 3.8) is 0 Å². The first-order chi connectivity index (χ1) is 13.9. The minimum Gasteiger partial charge on any atom is -0.368 e. The molecule has 8 nitrogen and oxygen atoms in total. The normalized spacial score (nSPS) is 18.1. The summed E-state index contributed by atoms with van der Waals surface area (Å²) in [5.74, 6) is -0.296. The number of piperidine rings is 1. The molecule has 0 aliphatic carbocycles. The maximum atomic E-state index is 13.4. The summed E-state index contributed by atoms with van der Waals surface area (Å²) in [6.07, 6.45) is 6.69. The Hall–Kier alpha value is -2.85. The van der Waals surface area contributed by atoms with Crippen LogP contribution in [0.3, 0.4) is 0 Å². The van der Waals surface area contributed by atoms with Crippen molar-refractivity contribution in [1.29, 1.82) is 0 Å². The predicted octanol–water partition coefficient (Wildman–Crippen LogP) is 2.51. The van der Waals surface area contributed by atoms with Crippen LogP contribution in [-0.4, -0.2) is 38.8 Å². The van der Waals surface area contributed by atoms with E-state index in [0.29, 0.717) is 29.8 Å². The molecule has 0 spiro atoms. The highest BCUT2D eigenvalue weighted by Gasteiger charge is 2.37. The zero-order valence-corrected chi connectivity index (χ0v) is 16.7. The predicted molar refractivity (Wildman–Crippen MR) is 106 cm³/mol. The van der Waals surface area contributed by atoms with E-state index in [1.165, 1.54) is 29.0 Å². The lowest BCUT2D eigenvalue weighted by Crippen LogP contribution is -2.39.